The lowest BCUT2D eigenvalue weighted by Crippen LogP contribution is -2.52. The van der Waals surface area contributed by atoms with Gasteiger partial charge in [0, 0.05) is 10.9 Å². The highest BCUT2D eigenvalue weighted by molar-refractivity contribution is 6.31. The molecule has 3 N–H and O–H groups in total. The molecule has 1 saturated heterocycles. The first-order chi connectivity index (χ1) is 16.4. The van der Waals surface area contributed by atoms with Gasteiger partial charge in [-0.05, 0) is 48.2 Å². The molecule has 182 valence electrons. The number of nitrogens with zero attached hydrogens (tertiary/aromatic N) is 3. The van der Waals surface area contributed by atoms with Gasteiger partial charge in [0.2, 0.25) is 0 Å². The Morgan fingerprint density at radius 3 is 2.59 bits per heavy atom. The monoisotopic (exact) mass is 487 g/mol. The summed E-state index contributed by atoms with van der Waals surface area (Å²) in [6.07, 6.45) is -1.19. The Balaban J connectivity index is 1.55. The molecule has 0 amide bonds. The number of rotatable bonds is 8. The molecular weight excluding hydrogens is 458 g/mol. The molecule has 1 fully saturated rings. The molecule has 2 heterocycles. The second-order valence-corrected chi connectivity index (χ2v) is 9.01. The Morgan fingerprint density at radius 2 is 1.88 bits per heavy atom. The van der Waals surface area contributed by atoms with Gasteiger partial charge in [-0.15, -0.1) is 5.10 Å². The summed E-state index contributed by atoms with van der Waals surface area (Å²) < 4.78 is 13.3. The van der Waals surface area contributed by atoms with Crippen molar-refractivity contribution in [2.75, 3.05) is 6.61 Å². The molecule has 5 unspecified atom stereocenters. The van der Waals surface area contributed by atoms with Gasteiger partial charge in [-0.25, -0.2) is 4.68 Å². The number of halogens is 1. The van der Waals surface area contributed by atoms with Crippen LogP contribution in [0.4, 0.5) is 0 Å². The molecular formula is C25H30ClN3O5. The van der Waals surface area contributed by atoms with Crippen LogP contribution in [-0.4, -0.2) is 55.2 Å². The van der Waals surface area contributed by atoms with Crippen molar-refractivity contribution in [2.45, 2.75) is 57.8 Å². The van der Waals surface area contributed by atoms with Crippen molar-refractivity contribution in [2.24, 2.45) is 5.92 Å². The number of hydrogen-bond donors (Lipinski definition) is 3. The van der Waals surface area contributed by atoms with Crippen molar-refractivity contribution in [3.05, 3.63) is 76.1 Å². The summed E-state index contributed by atoms with van der Waals surface area (Å²) in [6.45, 7) is 4.34. The van der Waals surface area contributed by atoms with Crippen molar-refractivity contribution in [3.63, 3.8) is 0 Å². The van der Waals surface area contributed by atoms with Crippen molar-refractivity contribution in [1.82, 2.24) is 15.0 Å². The van der Waals surface area contributed by atoms with Crippen molar-refractivity contribution in [3.8, 4) is 5.75 Å². The minimum absolute atomic E-state index is 0.157. The minimum Gasteiger partial charge on any atom is -0.494 e. The Bertz CT molecular complexity index is 1090. The predicted octanol–water partition coefficient (Wildman–Crippen LogP) is 2.91. The van der Waals surface area contributed by atoms with E-state index >= 15 is 0 Å². The van der Waals surface area contributed by atoms with Crippen LogP contribution in [0.3, 0.4) is 0 Å². The van der Waals surface area contributed by atoms with Gasteiger partial charge in [-0.1, -0.05) is 48.0 Å². The quantitative estimate of drug-likeness (QED) is 0.448. The SMILES string of the molecule is CCOc1ccc(Cc2cc(C3OC(Cn4nncc4CO)C(O)C(O)C3C)ccc2Cl)cc1. The van der Waals surface area contributed by atoms with Crippen LogP contribution in [0.5, 0.6) is 5.75 Å². The highest BCUT2D eigenvalue weighted by Crippen LogP contribution is 2.38. The van der Waals surface area contributed by atoms with Gasteiger partial charge in [-0.2, -0.15) is 0 Å². The molecule has 0 bridgehead atoms. The average Bonchev–Trinajstić information content (AvgIpc) is 3.29. The van der Waals surface area contributed by atoms with Crippen molar-refractivity contribution < 1.29 is 24.8 Å². The number of aliphatic hydroxyl groups is 3. The summed E-state index contributed by atoms with van der Waals surface area (Å²) in [6, 6.07) is 13.6. The fraction of sp³-hybridized carbons (Fsp3) is 0.440. The predicted molar refractivity (Wildman–Crippen MR) is 127 cm³/mol. The first kappa shape index (κ1) is 24.6. The fourth-order valence-corrected chi connectivity index (χ4v) is 4.54. The van der Waals surface area contributed by atoms with Crippen LogP contribution in [0.1, 0.15) is 42.3 Å². The van der Waals surface area contributed by atoms with Gasteiger partial charge in [0.1, 0.15) is 18.0 Å². The summed E-state index contributed by atoms with van der Waals surface area (Å²) in [7, 11) is 0. The largest absolute Gasteiger partial charge is 0.494 e. The molecule has 9 heteroatoms. The minimum atomic E-state index is -1.10. The molecule has 4 rings (SSSR count). The van der Waals surface area contributed by atoms with E-state index in [-0.39, 0.29) is 19.1 Å². The van der Waals surface area contributed by atoms with E-state index in [0.717, 1.165) is 22.4 Å². The molecule has 3 aromatic rings. The molecule has 5 atom stereocenters. The van der Waals surface area contributed by atoms with Crippen LogP contribution in [0, 0.1) is 5.92 Å². The van der Waals surface area contributed by atoms with E-state index in [2.05, 4.69) is 10.3 Å². The summed E-state index contributed by atoms with van der Waals surface area (Å²) in [5.41, 5.74) is 3.41. The Morgan fingerprint density at radius 1 is 1.12 bits per heavy atom. The molecule has 0 spiro atoms. The Kier molecular flexibility index (Phi) is 7.85. The van der Waals surface area contributed by atoms with Crippen LogP contribution in [0.2, 0.25) is 5.02 Å². The first-order valence-electron chi connectivity index (χ1n) is 11.4. The van der Waals surface area contributed by atoms with Crippen molar-refractivity contribution in [1.29, 1.82) is 0 Å². The lowest BCUT2D eigenvalue weighted by atomic mass is 9.84. The van der Waals surface area contributed by atoms with E-state index in [0.29, 0.717) is 23.7 Å². The number of benzene rings is 2. The molecule has 1 aliphatic rings. The van der Waals surface area contributed by atoms with Gasteiger partial charge in [0.25, 0.3) is 0 Å². The van der Waals surface area contributed by atoms with Crippen LogP contribution in [0.25, 0.3) is 0 Å². The molecule has 1 aromatic heterocycles. The summed E-state index contributed by atoms with van der Waals surface area (Å²) in [5, 5.41) is 39.3. The Labute approximate surface area is 203 Å². The van der Waals surface area contributed by atoms with Gasteiger partial charge in [0.05, 0.1) is 43.9 Å². The van der Waals surface area contributed by atoms with E-state index in [1.165, 1.54) is 10.9 Å². The van der Waals surface area contributed by atoms with Gasteiger partial charge >= 0.3 is 0 Å². The second-order valence-electron chi connectivity index (χ2n) is 8.61. The van der Waals surface area contributed by atoms with Crippen LogP contribution >= 0.6 is 11.6 Å². The smallest absolute Gasteiger partial charge is 0.119 e. The maximum Gasteiger partial charge on any atom is 0.119 e. The molecule has 8 nitrogen and oxygen atoms in total. The number of hydrogen-bond acceptors (Lipinski definition) is 7. The number of aliphatic hydroxyl groups excluding tert-OH is 3. The van der Waals surface area contributed by atoms with E-state index in [4.69, 9.17) is 21.1 Å². The summed E-state index contributed by atoms with van der Waals surface area (Å²) in [4.78, 5) is 0. The van der Waals surface area contributed by atoms with E-state index in [9.17, 15) is 15.3 Å². The maximum absolute atomic E-state index is 10.8. The Hall–Kier alpha value is -2.49. The average molecular weight is 488 g/mol. The third kappa shape index (κ3) is 5.26. The van der Waals surface area contributed by atoms with E-state index < -0.39 is 24.4 Å². The van der Waals surface area contributed by atoms with E-state index in [1.54, 1.807) is 0 Å². The van der Waals surface area contributed by atoms with Gasteiger partial charge in [0.15, 0.2) is 0 Å². The van der Waals surface area contributed by atoms with Crippen LogP contribution < -0.4 is 4.74 Å². The number of aromatic nitrogens is 3. The van der Waals surface area contributed by atoms with Crippen LogP contribution in [0.15, 0.2) is 48.7 Å². The number of ether oxygens (including phenoxy) is 2. The maximum atomic E-state index is 10.8. The zero-order chi connectivity index (χ0) is 24.2. The summed E-state index contributed by atoms with van der Waals surface area (Å²) in [5.74, 6) is 0.477. The first-order valence-corrected chi connectivity index (χ1v) is 11.8. The zero-order valence-electron chi connectivity index (χ0n) is 19.2. The molecule has 0 saturated carbocycles. The third-order valence-corrected chi connectivity index (χ3v) is 6.68. The summed E-state index contributed by atoms with van der Waals surface area (Å²) >= 11 is 6.51. The second kappa shape index (κ2) is 10.8. The zero-order valence-corrected chi connectivity index (χ0v) is 20.0. The molecule has 1 aliphatic heterocycles. The van der Waals surface area contributed by atoms with Gasteiger partial charge in [-0.3, -0.25) is 0 Å². The standard InChI is InChI=1S/C25H30ClN3O5/c1-3-33-20-7-4-16(5-8-20)10-18-11-17(6-9-21(18)26)25-15(2)23(31)24(32)22(34-25)13-29-19(14-30)12-27-28-29/h4-9,11-12,15,22-25,30-32H,3,10,13-14H2,1-2H3. The lowest BCUT2D eigenvalue weighted by Gasteiger charge is -2.42. The molecule has 0 radical (unpaired) electrons. The highest BCUT2D eigenvalue weighted by Gasteiger charge is 2.43. The third-order valence-electron chi connectivity index (χ3n) is 6.31. The van der Waals surface area contributed by atoms with Crippen molar-refractivity contribution >= 4 is 11.6 Å². The van der Waals surface area contributed by atoms with Gasteiger partial charge < -0.3 is 24.8 Å². The van der Waals surface area contributed by atoms with E-state index in [1.807, 2.05) is 56.3 Å². The fourth-order valence-electron chi connectivity index (χ4n) is 4.36. The molecule has 2 aromatic carbocycles. The normalized spacial score (nSPS) is 24.8. The molecule has 34 heavy (non-hydrogen) atoms. The molecule has 0 aliphatic carbocycles. The lowest BCUT2D eigenvalue weighted by molar-refractivity contribution is -0.203. The highest BCUT2D eigenvalue weighted by atomic mass is 35.5. The van der Waals surface area contributed by atoms with Crippen LogP contribution in [-0.2, 0) is 24.3 Å². The topological polar surface area (TPSA) is 110 Å².